The van der Waals surface area contributed by atoms with Gasteiger partial charge in [0.15, 0.2) is 6.29 Å². The fraction of sp³-hybridized carbons (Fsp3) is 0. The van der Waals surface area contributed by atoms with Crippen molar-refractivity contribution >= 4 is 12.4 Å². The second kappa shape index (κ2) is 2.87. The van der Waals surface area contributed by atoms with Crippen molar-refractivity contribution in [2.45, 2.75) is 0 Å². The third-order valence-corrected chi connectivity index (χ3v) is 1.02. The van der Waals surface area contributed by atoms with E-state index in [1.165, 1.54) is 12.4 Å². The summed E-state index contributed by atoms with van der Waals surface area (Å²) in [7, 11) is 0. The van der Waals surface area contributed by atoms with Crippen LogP contribution in [-0.4, -0.2) is 16.3 Å². The molecule has 3 heteroatoms. The summed E-state index contributed by atoms with van der Waals surface area (Å²) in [5, 5.41) is 0. The molecule has 0 unspecified atom stereocenters. The lowest BCUT2D eigenvalue weighted by Gasteiger charge is -1.89. The summed E-state index contributed by atoms with van der Waals surface area (Å²) in [6, 6.07) is 0. The van der Waals surface area contributed by atoms with Crippen LogP contribution < -0.4 is 0 Å². The number of carbonyl (C=O) groups is 1. The molecule has 1 rings (SSSR count). The molecule has 0 bridgehead atoms. The van der Waals surface area contributed by atoms with Crippen molar-refractivity contribution in [3.05, 3.63) is 30.4 Å². The molecule has 0 aromatic carbocycles. The molecule has 1 aromatic heterocycles. The SMILES string of the molecule is C=Cc1cnc(C=O)cn1. The molecule has 1 aromatic rings. The highest BCUT2D eigenvalue weighted by Crippen LogP contribution is 1.93. The van der Waals surface area contributed by atoms with E-state index in [2.05, 4.69) is 16.5 Å². The summed E-state index contributed by atoms with van der Waals surface area (Å²) < 4.78 is 0. The van der Waals surface area contributed by atoms with Gasteiger partial charge < -0.3 is 0 Å². The molecule has 0 amide bonds. The largest absolute Gasteiger partial charge is 0.296 e. The third kappa shape index (κ3) is 1.25. The van der Waals surface area contributed by atoms with Crippen LogP contribution in [0.4, 0.5) is 0 Å². The lowest BCUT2D eigenvalue weighted by atomic mass is 10.4. The van der Waals surface area contributed by atoms with Gasteiger partial charge in [0.2, 0.25) is 0 Å². The van der Waals surface area contributed by atoms with E-state index >= 15 is 0 Å². The Bertz CT molecular complexity index is 213. The van der Waals surface area contributed by atoms with Gasteiger partial charge in [0, 0.05) is 0 Å². The second-order valence-electron chi connectivity index (χ2n) is 1.69. The van der Waals surface area contributed by atoms with Gasteiger partial charge in [-0.2, -0.15) is 0 Å². The maximum absolute atomic E-state index is 10.1. The monoisotopic (exact) mass is 134 g/mol. The zero-order valence-electron chi connectivity index (χ0n) is 5.32. The highest BCUT2D eigenvalue weighted by atomic mass is 16.1. The van der Waals surface area contributed by atoms with Gasteiger partial charge in [0.05, 0.1) is 18.1 Å². The molecular weight excluding hydrogens is 128 g/mol. The fourth-order valence-corrected chi connectivity index (χ4v) is 0.514. The normalized spacial score (nSPS) is 8.80. The Hall–Kier alpha value is -1.51. The molecule has 1 heterocycles. The minimum Gasteiger partial charge on any atom is -0.296 e. The molecule has 3 nitrogen and oxygen atoms in total. The van der Waals surface area contributed by atoms with Crippen LogP contribution in [0.25, 0.3) is 6.08 Å². The van der Waals surface area contributed by atoms with E-state index in [-0.39, 0.29) is 0 Å². The summed E-state index contributed by atoms with van der Waals surface area (Å²) in [4.78, 5) is 17.7. The van der Waals surface area contributed by atoms with Crippen LogP contribution in [0.5, 0.6) is 0 Å². The van der Waals surface area contributed by atoms with Crippen molar-refractivity contribution in [2.24, 2.45) is 0 Å². The predicted molar refractivity (Wildman–Crippen MR) is 37.5 cm³/mol. The molecule has 0 N–H and O–H groups in total. The standard InChI is InChI=1S/C7H6N2O/c1-2-6-3-9-7(5-10)4-8-6/h2-5H,1H2. The Labute approximate surface area is 58.4 Å². The van der Waals surface area contributed by atoms with Crippen molar-refractivity contribution in [3.63, 3.8) is 0 Å². The van der Waals surface area contributed by atoms with Crippen LogP contribution in [0.15, 0.2) is 19.0 Å². The second-order valence-corrected chi connectivity index (χ2v) is 1.69. The summed E-state index contributed by atoms with van der Waals surface area (Å²) in [6.07, 6.45) is 5.13. The molecule has 0 radical (unpaired) electrons. The first-order valence-corrected chi connectivity index (χ1v) is 2.76. The molecule has 0 saturated heterocycles. The van der Waals surface area contributed by atoms with Crippen LogP contribution in [0.1, 0.15) is 16.2 Å². The summed E-state index contributed by atoms with van der Waals surface area (Å²) >= 11 is 0. The van der Waals surface area contributed by atoms with Crippen molar-refractivity contribution in [3.8, 4) is 0 Å². The molecule has 0 fully saturated rings. The number of hydrogen-bond donors (Lipinski definition) is 0. The highest BCUT2D eigenvalue weighted by Gasteiger charge is 1.89. The van der Waals surface area contributed by atoms with E-state index in [4.69, 9.17) is 0 Å². The van der Waals surface area contributed by atoms with E-state index in [0.29, 0.717) is 17.7 Å². The van der Waals surface area contributed by atoms with Crippen LogP contribution >= 0.6 is 0 Å². The van der Waals surface area contributed by atoms with Gasteiger partial charge in [-0.3, -0.25) is 9.78 Å². The summed E-state index contributed by atoms with van der Waals surface area (Å²) in [5.41, 5.74) is 1.01. The molecule has 10 heavy (non-hydrogen) atoms. The quantitative estimate of drug-likeness (QED) is 0.565. The summed E-state index contributed by atoms with van der Waals surface area (Å²) in [5.74, 6) is 0. The van der Waals surface area contributed by atoms with Crippen LogP contribution in [0, 0.1) is 0 Å². The van der Waals surface area contributed by atoms with Gasteiger partial charge >= 0.3 is 0 Å². The van der Waals surface area contributed by atoms with Crippen molar-refractivity contribution in [2.75, 3.05) is 0 Å². The number of carbonyl (C=O) groups excluding carboxylic acids is 1. The van der Waals surface area contributed by atoms with Gasteiger partial charge in [-0.15, -0.1) is 0 Å². The van der Waals surface area contributed by atoms with Crippen molar-refractivity contribution in [1.29, 1.82) is 0 Å². The highest BCUT2D eigenvalue weighted by molar-refractivity contribution is 5.70. The van der Waals surface area contributed by atoms with Crippen LogP contribution in [0.3, 0.4) is 0 Å². The zero-order valence-corrected chi connectivity index (χ0v) is 5.32. The maximum atomic E-state index is 10.1. The van der Waals surface area contributed by atoms with E-state index < -0.39 is 0 Å². The third-order valence-electron chi connectivity index (χ3n) is 1.02. The lowest BCUT2D eigenvalue weighted by Crippen LogP contribution is -1.89. The molecular formula is C7H6N2O. The van der Waals surface area contributed by atoms with E-state index in [1.54, 1.807) is 6.08 Å². The average molecular weight is 134 g/mol. The summed E-state index contributed by atoms with van der Waals surface area (Å²) in [6.45, 7) is 3.50. The van der Waals surface area contributed by atoms with Gasteiger partial charge in [0.25, 0.3) is 0 Å². The van der Waals surface area contributed by atoms with E-state index in [1.807, 2.05) is 0 Å². The first-order valence-electron chi connectivity index (χ1n) is 2.76. The van der Waals surface area contributed by atoms with Gasteiger partial charge in [-0.1, -0.05) is 6.58 Å². The number of hydrogen-bond acceptors (Lipinski definition) is 3. The fourth-order valence-electron chi connectivity index (χ4n) is 0.514. The predicted octanol–water partition coefficient (Wildman–Crippen LogP) is 0.932. The minimum atomic E-state index is 0.339. The molecule has 0 aliphatic heterocycles. The molecule has 0 aliphatic carbocycles. The first-order chi connectivity index (χ1) is 4.86. The maximum Gasteiger partial charge on any atom is 0.170 e. The molecule has 50 valence electrons. The molecule has 0 saturated carbocycles. The van der Waals surface area contributed by atoms with E-state index in [0.717, 1.165) is 0 Å². The number of rotatable bonds is 2. The zero-order chi connectivity index (χ0) is 7.40. The lowest BCUT2D eigenvalue weighted by molar-refractivity contribution is 0.111. The molecule has 0 aliphatic rings. The number of aldehydes is 1. The topological polar surface area (TPSA) is 42.9 Å². The average Bonchev–Trinajstić information content (AvgIpc) is 2.05. The Morgan fingerprint density at radius 2 is 1.90 bits per heavy atom. The van der Waals surface area contributed by atoms with Gasteiger partial charge in [-0.25, -0.2) is 4.98 Å². The Balaban J connectivity index is 3.00. The minimum absolute atomic E-state index is 0.339. The van der Waals surface area contributed by atoms with E-state index in [9.17, 15) is 4.79 Å². The van der Waals surface area contributed by atoms with Crippen molar-refractivity contribution in [1.82, 2.24) is 9.97 Å². The van der Waals surface area contributed by atoms with Crippen LogP contribution in [-0.2, 0) is 0 Å². The van der Waals surface area contributed by atoms with Gasteiger partial charge in [-0.05, 0) is 6.08 Å². The Kier molecular flexibility index (Phi) is 1.89. The number of aromatic nitrogens is 2. The molecule has 0 spiro atoms. The first kappa shape index (κ1) is 6.61. The smallest absolute Gasteiger partial charge is 0.170 e. The van der Waals surface area contributed by atoms with Crippen molar-refractivity contribution < 1.29 is 4.79 Å². The van der Waals surface area contributed by atoms with Crippen LogP contribution in [0.2, 0.25) is 0 Å². The Morgan fingerprint density at radius 3 is 2.30 bits per heavy atom. The van der Waals surface area contributed by atoms with Gasteiger partial charge in [0.1, 0.15) is 5.69 Å². The Morgan fingerprint density at radius 1 is 1.30 bits per heavy atom. The molecule has 0 atom stereocenters. The number of nitrogens with zero attached hydrogens (tertiary/aromatic N) is 2.